The Bertz CT molecular complexity index is 357. The third-order valence-corrected chi connectivity index (χ3v) is 4.48. The van der Waals surface area contributed by atoms with Crippen molar-refractivity contribution in [3.05, 3.63) is 35.9 Å². The molecule has 2 unspecified atom stereocenters. The van der Waals surface area contributed by atoms with Crippen LogP contribution in [-0.4, -0.2) is 31.1 Å². The average molecular weight is 276 g/mol. The lowest BCUT2D eigenvalue weighted by Crippen LogP contribution is -2.49. The summed E-state index contributed by atoms with van der Waals surface area (Å²) in [7, 11) is 4.36. The van der Waals surface area contributed by atoms with Crippen LogP contribution < -0.4 is 5.32 Å². The van der Waals surface area contributed by atoms with Gasteiger partial charge in [-0.3, -0.25) is 4.90 Å². The maximum Gasteiger partial charge on any atom is 0.0478 e. The molecule has 2 nitrogen and oxygen atoms in total. The Morgan fingerprint density at radius 2 is 1.60 bits per heavy atom. The van der Waals surface area contributed by atoms with Crippen molar-refractivity contribution >= 4 is 0 Å². The van der Waals surface area contributed by atoms with Gasteiger partial charge in [0.05, 0.1) is 0 Å². The van der Waals surface area contributed by atoms with Crippen molar-refractivity contribution in [3.63, 3.8) is 0 Å². The molecule has 0 fully saturated rings. The largest absolute Gasteiger partial charge is 0.312 e. The first kappa shape index (κ1) is 17.2. The fraction of sp³-hybridized carbons (Fsp3) is 0.667. The zero-order chi connectivity index (χ0) is 15.1. The summed E-state index contributed by atoms with van der Waals surface area (Å²) in [6.07, 6.45) is 2.42. The molecule has 0 aliphatic heterocycles. The maximum absolute atomic E-state index is 3.54. The number of nitrogens with one attached hydrogen (secondary N) is 1. The molecule has 0 saturated carbocycles. The molecule has 0 saturated heterocycles. The van der Waals surface area contributed by atoms with Gasteiger partial charge in [0, 0.05) is 18.1 Å². The second-order valence-electron chi connectivity index (χ2n) is 6.05. The number of hydrogen-bond donors (Lipinski definition) is 1. The van der Waals surface area contributed by atoms with Crippen LogP contribution in [0.4, 0.5) is 0 Å². The van der Waals surface area contributed by atoms with Gasteiger partial charge in [-0.1, -0.05) is 58.0 Å². The number of likely N-dealkylation sites (N-methyl/N-ethyl adjacent to an activating group) is 2. The standard InChI is InChI=1S/C18H32N2/c1-7-16(8-2)20(6)18(14(3)4)17(19-5)15-12-10-9-11-13-15/h9-14,16-19H,7-8H2,1-6H3. The van der Waals surface area contributed by atoms with Gasteiger partial charge in [0.1, 0.15) is 0 Å². The molecule has 0 aromatic heterocycles. The van der Waals surface area contributed by atoms with Gasteiger partial charge in [0.25, 0.3) is 0 Å². The van der Waals surface area contributed by atoms with E-state index in [1.54, 1.807) is 0 Å². The van der Waals surface area contributed by atoms with E-state index in [4.69, 9.17) is 0 Å². The summed E-state index contributed by atoms with van der Waals surface area (Å²) in [5.74, 6) is 0.609. The Kier molecular flexibility index (Phi) is 7.25. The molecule has 0 radical (unpaired) electrons. The predicted octanol–water partition coefficient (Wildman–Crippen LogP) is 4.09. The summed E-state index contributed by atoms with van der Waals surface area (Å²) in [5.41, 5.74) is 1.38. The van der Waals surface area contributed by atoms with E-state index in [1.165, 1.54) is 18.4 Å². The van der Waals surface area contributed by atoms with E-state index in [2.05, 4.69) is 82.3 Å². The van der Waals surface area contributed by atoms with Crippen molar-refractivity contribution in [2.75, 3.05) is 14.1 Å². The highest BCUT2D eigenvalue weighted by atomic mass is 15.2. The van der Waals surface area contributed by atoms with Crippen molar-refractivity contribution in [1.29, 1.82) is 0 Å². The summed E-state index contributed by atoms with van der Waals surface area (Å²) in [5, 5.41) is 3.54. The monoisotopic (exact) mass is 276 g/mol. The highest BCUT2D eigenvalue weighted by Gasteiger charge is 2.30. The Balaban J connectivity index is 3.04. The van der Waals surface area contributed by atoms with Gasteiger partial charge in [-0.15, -0.1) is 0 Å². The molecule has 1 N–H and O–H groups in total. The Labute approximate surface area is 125 Å². The summed E-state index contributed by atoms with van der Waals surface area (Å²) in [4.78, 5) is 2.58. The minimum atomic E-state index is 0.377. The third-order valence-electron chi connectivity index (χ3n) is 4.48. The lowest BCUT2D eigenvalue weighted by atomic mass is 9.88. The SMILES string of the molecule is CCC(CC)N(C)C(C(C)C)C(NC)c1ccccc1. The number of hydrogen-bond acceptors (Lipinski definition) is 2. The van der Waals surface area contributed by atoms with E-state index < -0.39 is 0 Å². The molecule has 1 aromatic carbocycles. The zero-order valence-corrected chi connectivity index (χ0v) is 14.1. The summed E-state index contributed by atoms with van der Waals surface area (Å²) in [6, 6.07) is 12.4. The molecule has 0 spiro atoms. The van der Waals surface area contributed by atoms with Crippen molar-refractivity contribution in [2.45, 2.75) is 58.7 Å². The summed E-state index contributed by atoms with van der Waals surface area (Å²) >= 11 is 0. The molecule has 2 heteroatoms. The molecule has 0 bridgehead atoms. The lowest BCUT2D eigenvalue weighted by Gasteiger charge is -2.41. The topological polar surface area (TPSA) is 15.3 Å². The Morgan fingerprint density at radius 1 is 1.05 bits per heavy atom. The van der Waals surface area contributed by atoms with Crippen LogP contribution in [0.5, 0.6) is 0 Å². The summed E-state index contributed by atoms with van der Waals surface area (Å²) in [6.45, 7) is 9.24. The second kappa shape index (κ2) is 8.43. The number of benzene rings is 1. The molecular weight excluding hydrogens is 244 g/mol. The van der Waals surface area contributed by atoms with E-state index in [0.717, 1.165) is 0 Å². The van der Waals surface area contributed by atoms with Crippen molar-refractivity contribution in [3.8, 4) is 0 Å². The average Bonchev–Trinajstić information content (AvgIpc) is 2.46. The first-order valence-electron chi connectivity index (χ1n) is 8.00. The molecule has 2 atom stereocenters. The molecule has 114 valence electrons. The van der Waals surface area contributed by atoms with Crippen molar-refractivity contribution in [1.82, 2.24) is 10.2 Å². The highest BCUT2D eigenvalue weighted by Crippen LogP contribution is 2.28. The first-order chi connectivity index (χ1) is 9.56. The molecule has 0 heterocycles. The smallest absolute Gasteiger partial charge is 0.0478 e. The van der Waals surface area contributed by atoms with Gasteiger partial charge < -0.3 is 5.32 Å². The molecule has 1 rings (SSSR count). The van der Waals surface area contributed by atoms with Crippen LogP contribution in [-0.2, 0) is 0 Å². The molecule has 0 aliphatic rings. The molecule has 20 heavy (non-hydrogen) atoms. The Morgan fingerprint density at radius 3 is 2.00 bits per heavy atom. The molecule has 0 amide bonds. The molecule has 1 aromatic rings. The minimum absolute atomic E-state index is 0.377. The number of rotatable bonds is 8. The van der Waals surface area contributed by atoms with Gasteiger partial charge in [0.15, 0.2) is 0 Å². The fourth-order valence-corrected chi connectivity index (χ4v) is 3.39. The van der Waals surface area contributed by atoms with Crippen molar-refractivity contribution < 1.29 is 0 Å². The van der Waals surface area contributed by atoms with Crippen LogP contribution in [0.1, 0.15) is 52.1 Å². The van der Waals surface area contributed by atoms with E-state index >= 15 is 0 Å². The van der Waals surface area contributed by atoms with Crippen LogP contribution in [0, 0.1) is 5.92 Å². The minimum Gasteiger partial charge on any atom is -0.312 e. The summed E-state index contributed by atoms with van der Waals surface area (Å²) < 4.78 is 0. The van der Waals surface area contributed by atoms with E-state index in [0.29, 0.717) is 24.0 Å². The third kappa shape index (κ3) is 4.07. The normalized spacial score (nSPS) is 15.1. The van der Waals surface area contributed by atoms with Gasteiger partial charge >= 0.3 is 0 Å². The van der Waals surface area contributed by atoms with Gasteiger partial charge in [-0.05, 0) is 38.4 Å². The van der Waals surface area contributed by atoms with Gasteiger partial charge in [-0.2, -0.15) is 0 Å². The van der Waals surface area contributed by atoms with Crippen LogP contribution in [0.3, 0.4) is 0 Å². The molecule has 0 aliphatic carbocycles. The second-order valence-corrected chi connectivity index (χ2v) is 6.05. The van der Waals surface area contributed by atoms with Gasteiger partial charge in [-0.25, -0.2) is 0 Å². The van der Waals surface area contributed by atoms with Crippen molar-refractivity contribution in [2.24, 2.45) is 5.92 Å². The quantitative estimate of drug-likeness (QED) is 0.769. The highest BCUT2D eigenvalue weighted by molar-refractivity contribution is 5.21. The van der Waals surface area contributed by atoms with E-state index in [-0.39, 0.29) is 0 Å². The van der Waals surface area contributed by atoms with E-state index in [9.17, 15) is 0 Å². The van der Waals surface area contributed by atoms with E-state index in [1.807, 2.05) is 0 Å². The van der Waals surface area contributed by atoms with Crippen LogP contribution >= 0.6 is 0 Å². The fourth-order valence-electron chi connectivity index (χ4n) is 3.39. The predicted molar refractivity (Wildman–Crippen MR) is 89.0 cm³/mol. The maximum atomic E-state index is 3.54. The number of nitrogens with zero attached hydrogens (tertiary/aromatic N) is 1. The van der Waals surface area contributed by atoms with Crippen LogP contribution in [0.25, 0.3) is 0 Å². The first-order valence-corrected chi connectivity index (χ1v) is 8.00. The van der Waals surface area contributed by atoms with Gasteiger partial charge in [0.2, 0.25) is 0 Å². The Hall–Kier alpha value is -0.860. The van der Waals surface area contributed by atoms with Crippen LogP contribution in [0.2, 0.25) is 0 Å². The zero-order valence-electron chi connectivity index (χ0n) is 14.1. The lowest BCUT2D eigenvalue weighted by molar-refractivity contribution is 0.0979. The van der Waals surface area contributed by atoms with Crippen LogP contribution in [0.15, 0.2) is 30.3 Å². The molecular formula is C18H32N2.